The van der Waals surface area contributed by atoms with Crippen molar-refractivity contribution in [1.82, 2.24) is 15.0 Å². The monoisotopic (exact) mass is 360 g/mol. The summed E-state index contributed by atoms with van der Waals surface area (Å²) >= 11 is 1.56. The Morgan fingerprint density at radius 1 is 0.760 bits per heavy atom. The molecule has 1 aromatic carbocycles. The molecule has 0 aliphatic rings. The summed E-state index contributed by atoms with van der Waals surface area (Å²) in [5.41, 5.74) is 3.53. The second kappa shape index (κ2) is 19.8. The molecule has 0 spiro atoms. The number of hydrogen-bond acceptors (Lipinski definition) is 5. The smallest absolute Gasteiger partial charge is 0.222 e. The zero-order valence-corrected chi connectivity index (χ0v) is 17.3. The molecule has 25 heavy (non-hydrogen) atoms. The van der Waals surface area contributed by atoms with Crippen LogP contribution in [0.2, 0.25) is 0 Å². The molecule has 5 heteroatoms. The van der Waals surface area contributed by atoms with Crippen LogP contribution in [0.3, 0.4) is 0 Å². The van der Waals surface area contributed by atoms with Gasteiger partial charge in [-0.3, -0.25) is 0 Å². The van der Waals surface area contributed by atoms with Crippen LogP contribution < -0.4 is 5.32 Å². The molecule has 0 radical (unpaired) electrons. The summed E-state index contributed by atoms with van der Waals surface area (Å²) in [6.07, 6.45) is 1.72. The van der Waals surface area contributed by atoms with Crippen LogP contribution in [0.1, 0.15) is 41.5 Å². The van der Waals surface area contributed by atoms with Gasteiger partial charge in [-0.2, -0.15) is 0 Å². The normalized spacial score (nSPS) is 7.80. The molecule has 0 saturated carbocycles. The molecule has 2 aromatic heterocycles. The maximum absolute atomic E-state index is 4.26. The third-order valence-corrected chi connectivity index (χ3v) is 2.83. The van der Waals surface area contributed by atoms with Crippen LogP contribution in [0, 0.1) is 0 Å². The summed E-state index contributed by atoms with van der Waals surface area (Å²) < 4.78 is 0. The minimum atomic E-state index is 0.616. The van der Waals surface area contributed by atoms with E-state index in [4.69, 9.17) is 0 Å². The van der Waals surface area contributed by atoms with Crippen LogP contribution in [0.25, 0.3) is 11.4 Å². The Balaban J connectivity index is 0. The standard InChI is InChI=1S/C8H8N4S.C6H6.3C2H6/c1-9-8-10-3-2-6(12-8)7-4-13-5-11-7;1-2-4-6-5-3-1;3*1-2/h2-5H,1H3,(H,9,10,12);1-6H;3*1-2H3. The van der Waals surface area contributed by atoms with Gasteiger partial charge in [0, 0.05) is 18.6 Å². The molecule has 0 saturated heterocycles. The van der Waals surface area contributed by atoms with Crippen molar-refractivity contribution in [1.29, 1.82) is 0 Å². The molecule has 0 unspecified atom stereocenters. The quantitative estimate of drug-likeness (QED) is 0.574. The number of rotatable bonds is 2. The first-order valence-electron chi connectivity index (χ1n) is 8.79. The van der Waals surface area contributed by atoms with E-state index in [1.54, 1.807) is 30.1 Å². The summed E-state index contributed by atoms with van der Waals surface area (Å²) in [6, 6.07) is 13.8. The van der Waals surface area contributed by atoms with E-state index < -0.39 is 0 Å². The first-order valence-corrected chi connectivity index (χ1v) is 9.74. The highest BCUT2D eigenvalue weighted by molar-refractivity contribution is 7.07. The first-order chi connectivity index (χ1) is 12.4. The minimum Gasteiger partial charge on any atom is -0.357 e. The van der Waals surface area contributed by atoms with Gasteiger partial charge in [-0.05, 0) is 6.07 Å². The van der Waals surface area contributed by atoms with Crippen molar-refractivity contribution in [2.24, 2.45) is 0 Å². The Morgan fingerprint density at radius 3 is 1.68 bits per heavy atom. The van der Waals surface area contributed by atoms with Gasteiger partial charge in [0.2, 0.25) is 5.95 Å². The predicted octanol–water partition coefficient (Wildman–Crippen LogP) is 6.41. The number of aromatic nitrogens is 3. The van der Waals surface area contributed by atoms with Crippen LogP contribution in [-0.2, 0) is 0 Å². The second-order valence-corrected chi connectivity index (χ2v) is 4.26. The lowest BCUT2D eigenvalue weighted by Crippen LogP contribution is -1.96. The van der Waals surface area contributed by atoms with Crippen LogP contribution in [-0.4, -0.2) is 22.0 Å². The average molecular weight is 361 g/mol. The molecular formula is C20H32N4S. The number of thiazole rings is 1. The van der Waals surface area contributed by atoms with Crippen LogP contribution in [0.5, 0.6) is 0 Å². The molecule has 0 amide bonds. The van der Waals surface area contributed by atoms with Gasteiger partial charge < -0.3 is 5.32 Å². The van der Waals surface area contributed by atoms with E-state index in [0.717, 1.165) is 11.4 Å². The molecule has 138 valence electrons. The number of benzene rings is 1. The lowest BCUT2D eigenvalue weighted by Gasteiger charge is -1.99. The second-order valence-electron chi connectivity index (χ2n) is 3.54. The molecular weight excluding hydrogens is 328 g/mol. The molecule has 0 bridgehead atoms. The molecule has 0 aliphatic carbocycles. The third-order valence-electron chi connectivity index (χ3n) is 2.24. The molecule has 2 heterocycles. The number of nitrogens with zero attached hydrogens (tertiary/aromatic N) is 3. The van der Waals surface area contributed by atoms with E-state index in [1.807, 2.05) is 89.4 Å². The Labute approximate surface area is 157 Å². The zero-order chi connectivity index (χ0) is 19.3. The molecule has 1 N–H and O–H groups in total. The van der Waals surface area contributed by atoms with Gasteiger partial charge in [0.15, 0.2) is 0 Å². The fraction of sp³-hybridized carbons (Fsp3) is 0.350. The summed E-state index contributed by atoms with van der Waals surface area (Å²) in [7, 11) is 1.79. The van der Waals surface area contributed by atoms with E-state index in [9.17, 15) is 0 Å². The van der Waals surface area contributed by atoms with Gasteiger partial charge in [0.1, 0.15) is 0 Å². The summed E-state index contributed by atoms with van der Waals surface area (Å²) in [6.45, 7) is 12.0. The van der Waals surface area contributed by atoms with Gasteiger partial charge >= 0.3 is 0 Å². The molecule has 0 fully saturated rings. The van der Waals surface area contributed by atoms with Gasteiger partial charge in [-0.25, -0.2) is 15.0 Å². The van der Waals surface area contributed by atoms with E-state index in [-0.39, 0.29) is 0 Å². The first kappa shape index (κ1) is 25.0. The molecule has 3 rings (SSSR count). The minimum absolute atomic E-state index is 0.616. The molecule has 0 atom stereocenters. The van der Waals surface area contributed by atoms with Crippen molar-refractivity contribution >= 4 is 17.3 Å². The average Bonchev–Trinajstić information content (AvgIpc) is 3.29. The van der Waals surface area contributed by atoms with E-state index in [0.29, 0.717) is 5.95 Å². The highest BCUT2D eigenvalue weighted by Gasteiger charge is 2.01. The molecule has 4 nitrogen and oxygen atoms in total. The lowest BCUT2D eigenvalue weighted by atomic mass is 10.3. The van der Waals surface area contributed by atoms with Crippen molar-refractivity contribution in [2.75, 3.05) is 12.4 Å². The summed E-state index contributed by atoms with van der Waals surface area (Å²) in [5.74, 6) is 0.616. The summed E-state index contributed by atoms with van der Waals surface area (Å²) in [4.78, 5) is 12.4. The van der Waals surface area contributed by atoms with Crippen molar-refractivity contribution in [2.45, 2.75) is 41.5 Å². The van der Waals surface area contributed by atoms with Crippen molar-refractivity contribution in [3.8, 4) is 11.4 Å². The van der Waals surface area contributed by atoms with Gasteiger partial charge in [-0.1, -0.05) is 77.9 Å². The van der Waals surface area contributed by atoms with E-state index in [2.05, 4.69) is 20.3 Å². The van der Waals surface area contributed by atoms with Crippen LogP contribution in [0.4, 0.5) is 5.95 Å². The predicted molar refractivity (Wildman–Crippen MR) is 113 cm³/mol. The van der Waals surface area contributed by atoms with Crippen molar-refractivity contribution in [3.63, 3.8) is 0 Å². The fourth-order valence-corrected chi connectivity index (χ4v) is 1.89. The zero-order valence-electron chi connectivity index (χ0n) is 16.5. The fourth-order valence-electron chi connectivity index (χ4n) is 1.35. The van der Waals surface area contributed by atoms with Crippen molar-refractivity contribution in [3.05, 3.63) is 59.6 Å². The van der Waals surface area contributed by atoms with E-state index >= 15 is 0 Å². The summed E-state index contributed by atoms with van der Waals surface area (Å²) in [5, 5.41) is 4.84. The Hall–Kier alpha value is -2.27. The van der Waals surface area contributed by atoms with E-state index in [1.165, 1.54) is 0 Å². The highest BCUT2D eigenvalue weighted by Crippen LogP contribution is 2.16. The number of hydrogen-bond donors (Lipinski definition) is 1. The Morgan fingerprint density at radius 2 is 1.28 bits per heavy atom. The Kier molecular flexibility index (Phi) is 19.8. The number of anilines is 1. The molecule has 0 aliphatic heterocycles. The van der Waals surface area contributed by atoms with Gasteiger partial charge in [0.05, 0.1) is 16.9 Å². The largest absolute Gasteiger partial charge is 0.357 e. The highest BCUT2D eigenvalue weighted by atomic mass is 32.1. The SMILES string of the molecule is CC.CC.CC.CNc1nccc(-c2cscn2)n1.c1ccccc1. The Bertz CT molecular complexity index is 557. The molecule has 3 aromatic rings. The number of nitrogens with one attached hydrogen (secondary N) is 1. The topological polar surface area (TPSA) is 50.7 Å². The van der Waals surface area contributed by atoms with Gasteiger partial charge in [-0.15, -0.1) is 11.3 Å². The van der Waals surface area contributed by atoms with Crippen LogP contribution in [0.15, 0.2) is 59.6 Å². The third kappa shape index (κ3) is 11.8. The lowest BCUT2D eigenvalue weighted by molar-refractivity contribution is 1.14. The maximum atomic E-state index is 4.26. The van der Waals surface area contributed by atoms with Crippen molar-refractivity contribution < 1.29 is 0 Å². The van der Waals surface area contributed by atoms with Gasteiger partial charge in [0.25, 0.3) is 0 Å². The maximum Gasteiger partial charge on any atom is 0.222 e. The van der Waals surface area contributed by atoms with Crippen LogP contribution >= 0.6 is 11.3 Å².